The van der Waals surface area contributed by atoms with E-state index in [9.17, 15) is 0 Å². The molecule has 0 aliphatic carbocycles. The Balaban J connectivity index is 1.93. The van der Waals surface area contributed by atoms with Crippen LogP contribution in [0.5, 0.6) is 0 Å². The molecule has 0 spiro atoms. The summed E-state index contributed by atoms with van der Waals surface area (Å²) in [6.45, 7) is 2.59. The molecule has 0 radical (unpaired) electrons. The van der Waals surface area contributed by atoms with Gasteiger partial charge in [0.05, 0.1) is 17.9 Å². The van der Waals surface area contributed by atoms with Gasteiger partial charge in [0.1, 0.15) is 5.82 Å². The van der Waals surface area contributed by atoms with Crippen LogP contribution >= 0.6 is 0 Å². The number of aromatic nitrogens is 5. The van der Waals surface area contributed by atoms with Crippen LogP contribution in [0.3, 0.4) is 0 Å². The number of fused-ring (bicyclic) bond motifs is 1. The van der Waals surface area contributed by atoms with Gasteiger partial charge in [-0.2, -0.15) is 4.52 Å². The van der Waals surface area contributed by atoms with Gasteiger partial charge in [-0.1, -0.05) is 13.0 Å². The van der Waals surface area contributed by atoms with Crippen molar-refractivity contribution in [2.45, 2.75) is 19.9 Å². The molecule has 3 aromatic heterocycles. The van der Waals surface area contributed by atoms with Gasteiger partial charge in [-0.25, -0.2) is 0 Å². The molecule has 3 rings (SSSR count). The zero-order valence-electron chi connectivity index (χ0n) is 11.1. The zero-order valence-corrected chi connectivity index (χ0v) is 11.1. The van der Waals surface area contributed by atoms with Crippen LogP contribution in [-0.2, 0) is 13.0 Å². The highest BCUT2D eigenvalue weighted by molar-refractivity contribution is 5.69. The summed E-state index contributed by atoms with van der Waals surface area (Å²) in [4.78, 5) is 4.27. The average molecular weight is 269 g/mol. The fraction of sp³-hybridized carbons (Fsp3) is 0.231. The molecule has 0 amide bonds. The smallest absolute Gasteiger partial charge is 0.201 e. The first-order valence-electron chi connectivity index (χ1n) is 6.42. The lowest BCUT2D eigenvalue weighted by atomic mass is 10.3. The Hall–Kier alpha value is -2.70. The first kappa shape index (κ1) is 12.3. The van der Waals surface area contributed by atoms with Crippen molar-refractivity contribution in [3.63, 3.8) is 0 Å². The highest BCUT2D eigenvalue weighted by Crippen LogP contribution is 2.18. The molecule has 0 saturated carbocycles. The van der Waals surface area contributed by atoms with Gasteiger partial charge in [-0.15, -0.1) is 15.3 Å². The molecule has 0 aromatic carbocycles. The maximum absolute atomic E-state index is 5.83. The number of anilines is 2. The third kappa shape index (κ3) is 2.25. The van der Waals surface area contributed by atoms with Crippen LogP contribution in [0, 0.1) is 0 Å². The molecule has 0 atom stereocenters. The van der Waals surface area contributed by atoms with Gasteiger partial charge in [0.15, 0.2) is 5.82 Å². The van der Waals surface area contributed by atoms with E-state index in [4.69, 9.17) is 5.73 Å². The summed E-state index contributed by atoms with van der Waals surface area (Å²) in [5.74, 6) is 1.21. The van der Waals surface area contributed by atoms with Gasteiger partial charge in [0.25, 0.3) is 0 Å². The van der Waals surface area contributed by atoms with E-state index in [0.29, 0.717) is 18.0 Å². The van der Waals surface area contributed by atoms with Crippen molar-refractivity contribution in [1.82, 2.24) is 24.8 Å². The van der Waals surface area contributed by atoms with Crippen molar-refractivity contribution < 1.29 is 0 Å². The van der Waals surface area contributed by atoms with Gasteiger partial charge in [0.2, 0.25) is 5.65 Å². The average Bonchev–Trinajstić information content (AvgIpc) is 2.88. The van der Waals surface area contributed by atoms with Crippen LogP contribution in [0.15, 0.2) is 30.5 Å². The number of nitrogens with one attached hydrogen (secondary N) is 1. The normalized spacial score (nSPS) is 10.8. The quantitative estimate of drug-likeness (QED) is 0.741. The lowest BCUT2D eigenvalue weighted by molar-refractivity contribution is 0.828. The number of nitrogens with two attached hydrogens (primary N) is 1. The molecule has 7 heteroatoms. The molecular formula is C13H15N7. The predicted molar refractivity (Wildman–Crippen MR) is 76.1 cm³/mol. The van der Waals surface area contributed by atoms with Crippen molar-refractivity contribution in [2.24, 2.45) is 0 Å². The predicted octanol–water partition coefficient (Wildman–Crippen LogP) is 1.28. The Morgan fingerprint density at radius 1 is 1.30 bits per heavy atom. The van der Waals surface area contributed by atoms with E-state index in [2.05, 4.69) is 25.6 Å². The molecule has 3 aromatic rings. The third-order valence-electron chi connectivity index (χ3n) is 2.96. The topological polar surface area (TPSA) is 94.0 Å². The second-order valence-electron chi connectivity index (χ2n) is 4.36. The minimum absolute atomic E-state index is 0.426. The van der Waals surface area contributed by atoms with E-state index >= 15 is 0 Å². The van der Waals surface area contributed by atoms with Crippen LogP contribution in [0.2, 0.25) is 0 Å². The molecule has 0 unspecified atom stereocenters. The number of nitrogen functional groups attached to an aromatic ring is 1. The number of nitrogens with zero attached hydrogens (tertiary/aromatic N) is 5. The summed E-state index contributed by atoms with van der Waals surface area (Å²) in [5, 5.41) is 15.8. The summed E-state index contributed by atoms with van der Waals surface area (Å²) in [7, 11) is 0. The standard InChI is InChI=1S/C13H15N7/c1-2-12-17-18-13-10(7-11(14)19-20(12)13)16-8-9-5-3-4-6-15-9/h3-7,16H,2,8H2,1H3,(H2,14,19). The summed E-state index contributed by atoms with van der Waals surface area (Å²) < 4.78 is 1.68. The van der Waals surface area contributed by atoms with Crippen LogP contribution in [-0.4, -0.2) is 24.8 Å². The summed E-state index contributed by atoms with van der Waals surface area (Å²) in [6.07, 6.45) is 2.51. The largest absolute Gasteiger partial charge is 0.382 e. The molecule has 3 N–H and O–H groups in total. The SMILES string of the molecule is CCc1nnc2c(NCc3ccccn3)cc(N)nn12. The van der Waals surface area contributed by atoms with Crippen LogP contribution < -0.4 is 11.1 Å². The molecule has 102 valence electrons. The van der Waals surface area contributed by atoms with Crippen LogP contribution in [0.4, 0.5) is 11.5 Å². The second kappa shape index (κ2) is 5.12. The first-order valence-corrected chi connectivity index (χ1v) is 6.42. The summed E-state index contributed by atoms with van der Waals surface area (Å²) in [6, 6.07) is 7.55. The Bertz CT molecular complexity index is 720. The minimum Gasteiger partial charge on any atom is -0.382 e. The Labute approximate surface area is 115 Å². The molecule has 20 heavy (non-hydrogen) atoms. The van der Waals surface area contributed by atoms with Crippen molar-refractivity contribution >= 4 is 17.2 Å². The molecule has 0 aliphatic rings. The third-order valence-corrected chi connectivity index (χ3v) is 2.96. The first-order chi connectivity index (χ1) is 9.78. The van der Waals surface area contributed by atoms with Crippen molar-refractivity contribution in [1.29, 1.82) is 0 Å². The highest BCUT2D eigenvalue weighted by Gasteiger charge is 2.10. The summed E-state index contributed by atoms with van der Waals surface area (Å²) >= 11 is 0. The zero-order chi connectivity index (χ0) is 13.9. The number of hydrogen-bond donors (Lipinski definition) is 2. The summed E-state index contributed by atoms with van der Waals surface area (Å²) in [5.41, 5.74) is 8.25. The van der Waals surface area contributed by atoms with Crippen molar-refractivity contribution in [2.75, 3.05) is 11.1 Å². The Morgan fingerprint density at radius 2 is 2.20 bits per heavy atom. The Kier molecular flexibility index (Phi) is 3.16. The molecule has 0 aliphatic heterocycles. The fourth-order valence-corrected chi connectivity index (χ4v) is 1.98. The van der Waals surface area contributed by atoms with E-state index in [0.717, 1.165) is 23.6 Å². The van der Waals surface area contributed by atoms with Crippen LogP contribution in [0.25, 0.3) is 5.65 Å². The van der Waals surface area contributed by atoms with Crippen molar-refractivity contribution in [3.05, 3.63) is 42.0 Å². The number of pyridine rings is 1. The molecule has 3 heterocycles. The Morgan fingerprint density at radius 3 is 2.95 bits per heavy atom. The van der Waals surface area contributed by atoms with Gasteiger partial charge in [-0.3, -0.25) is 4.98 Å². The van der Waals surface area contributed by atoms with E-state index in [1.807, 2.05) is 25.1 Å². The molecule has 0 saturated heterocycles. The van der Waals surface area contributed by atoms with Crippen molar-refractivity contribution in [3.8, 4) is 0 Å². The lowest BCUT2D eigenvalue weighted by Gasteiger charge is -2.08. The molecular weight excluding hydrogens is 254 g/mol. The van der Waals surface area contributed by atoms with Crippen LogP contribution in [0.1, 0.15) is 18.4 Å². The number of rotatable bonds is 4. The second-order valence-corrected chi connectivity index (χ2v) is 4.36. The minimum atomic E-state index is 0.426. The van der Waals surface area contributed by atoms with E-state index in [1.165, 1.54) is 0 Å². The van der Waals surface area contributed by atoms with E-state index < -0.39 is 0 Å². The lowest BCUT2D eigenvalue weighted by Crippen LogP contribution is -2.07. The van der Waals surface area contributed by atoms with Gasteiger partial charge < -0.3 is 11.1 Å². The van der Waals surface area contributed by atoms with Gasteiger partial charge in [-0.05, 0) is 12.1 Å². The van der Waals surface area contributed by atoms with E-state index in [1.54, 1.807) is 16.8 Å². The number of aryl methyl sites for hydroxylation is 1. The molecule has 0 fully saturated rings. The van der Waals surface area contributed by atoms with Gasteiger partial charge in [0, 0.05) is 18.7 Å². The molecule has 7 nitrogen and oxygen atoms in total. The van der Waals surface area contributed by atoms with Gasteiger partial charge >= 0.3 is 0 Å². The van der Waals surface area contributed by atoms with E-state index in [-0.39, 0.29) is 0 Å². The monoisotopic (exact) mass is 269 g/mol. The maximum atomic E-state index is 5.83. The number of hydrogen-bond acceptors (Lipinski definition) is 6. The maximum Gasteiger partial charge on any atom is 0.201 e. The highest BCUT2D eigenvalue weighted by atomic mass is 15.4. The fourth-order valence-electron chi connectivity index (χ4n) is 1.98. The molecule has 0 bridgehead atoms.